The van der Waals surface area contributed by atoms with Crippen molar-refractivity contribution in [3.63, 3.8) is 0 Å². The summed E-state index contributed by atoms with van der Waals surface area (Å²) in [5.41, 5.74) is 0. The Kier molecular flexibility index (Phi) is 2.25. The molecule has 1 aromatic heterocycles. The maximum atomic E-state index is 4.39. The number of nitrogens with one attached hydrogen (secondary N) is 1. The average molecular weight is 233 g/mol. The molecule has 0 aliphatic carbocycles. The van der Waals surface area contributed by atoms with Crippen molar-refractivity contribution in [1.82, 2.24) is 10.3 Å². The fourth-order valence-corrected chi connectivity index (χ4v) is 2.72. The van der Waals surface area contributed by atoms with Crippen LogP contribution in [0, 0.1) is 0 Å². The molecule has 1 N–H and O–H groups in total. The lowest BCUT2D eigenvalue weighted by Gasteiger charge is -2.00. The minimum absolute atomic E-state index is 0.659. The SMILES string of the molecule is Brc1csc(C2CCNC2)n1. The van der Waals surface area contributed by atoms with E-state index in [2.05, 4.69) is 26.2 Å². The molecule has 0 saturated carbocycles. The third-order valence-electron chi connectivity index (χ3n) is 1.90. The molecule has 0 amide bonds. The number of nitrogens with zero attached hydrogens (tertiary/aromatic N) is 1. The molecule has 0 spiro atoms. The van der Waals surface area contributed by atoms with Gasteiger partial charge in [-0.05, 0) is 28.9 Å². The summed E-state index contributed by atoms with van der Waals surface area (Å²) < 4.78 is 0.976. The molecule has 1 unspecified atom stereocenters. The molecule has 0 bridgehead atoms. The molecule has 4 heteroatoms. The van der Waals surface area contributed by atoms with Gasteiger partial charge in [-0.25, -0.2) is 4.98 Å². The molecule has 1 saturated heterocycles. The summed E-state index contributed by atoms with van der Waals surface area (Å²) in [5.74, 6) is 0.659. The lowest BCUT2D eigenvalue weighted by atomic mass is 10.1. The maximum Gasteiger partial charge on any atom is 0.117 e. The summed E-state index contributed by atoms with van der Waals surface area (Å²) in [6.07, 6.45) is 1.24. The highest BCUT2D eigenvalue weighted by atomic mass is 79.9. The average Bonchev–Trinajstić information content (AvgIpc) is 2.55. The van der Waals surface area contributed by atoms with Gasteiger partial charge in [-0.2, -0.15) is 0 Å². The molecular formula is C7H9BrN2S. The predicted molar refractivity (Wildman–Crippen MR) is 50.0 cm³/mol. The van der Waals surface area contributed by atoms with E-state index in [4.69, 9.17) is 0 Å². The van der Waals surface area contributed by atoms with Gasteiger partial charge in [0, 0.05) is 17.8 Å². The van der Waals surface area contributed by atoms with Crippen LogP contribution in [0.4, 0.5) is 0 Å². The Balaban J connectivity index is 2.15. The number of hydrogen-bond donors (Lipinski definition) is 1. The van der Waals surface area contributed by atoms with Gasteiger partial charge in [-0.15, -0.1) is 11.3 Å². The van der Waals surface area contributed by atoms with Crippen LogP contribution in [0.2, 0.25) is 0 Å². The number of thiazole rings is 1. The monoisotopic (exact) mass is 232 g/mol. The molecule has 2 heterocycles. The van der Waals surface area contributed by atoms with Crippen molar-refractivity contribution in [2.75, 3.05) is 13.1 Å². The molecule has 1 aliphatic rings. The van der Waals surface area contributed by atoms with E-state index in [1.807, 2.05) is 5.38 Å². The van der Waals surface area contributed by atoms with Gasteiger partial charge in [0.15, 0.2) is 0 Å². The zero-order valence-electron chi connectivity index (χ0n) is 6.01. The Morgan fingerprint density at radius 2 is 2.64 bits per heavy atom. The van der Waals surface area contributed by atoms with E-state index >= 15 is 0 Å². The van der Waals surface area contributed by atoms with Crippen molar-refractivity contribution in [2.24, 2.45) is 0 Å². The van der Waals surface area contributed by atoms with Gasteiger partial charge in [-0.3, -0.25) is 0 Å². The first-order valence-electron chi connectivity index (χ1n) is 3.68. The van der Waals surface area contributed by atoms with Crippen molar-refractivity contribution in [3.05, 3.63) is 15.0 Å². The van der Waals surface area contributed by atoms with Crippen molar-refractivity contribution < 1.29 is 0 Å². The summed E-state index contributed by atoms with van der Waals surface area (Å²) in [6.45, 7) is 2.24. The topological polar surface area (TPSA) is 24.9 Å². The Bertz CT molecular complexity index is 242. The van der Waals surface area contributed by atoms with E-state index in [0.717, 1.165) is 17.7 Å². The molecule has 1 aromatic rings. The van der Waals surface area contributed by atoms with Gasteiger partial charge in [0.1, 0.15) is 4.60 Å². The molecule has 60 valence electrons. The van der Waals surface area contributed by atoms with Crippen molar-refractivity contribution in [2.45, 2.75) is 12.3 Å². The Labute approximate surface area is 78.2 Å². The minimum atomic E-state index is 0.659. The Hall–Kier alpha value is 0.0700. The van der Waals surface area contributed by atoms with Crippen molar-refractivity contribution >= 4 is 27.3 Å². The van der Waals surface area contributed by atoms with Crippen LogP contribution in [0.1, 0.15) is 17.3 Å². The van der Waals surface area contributed by atoms with Gasteiger partial charge < -0.3 is 5.32 Å². The van der Waals surface area contributed by atoms with Gasteiger partial charge in [-0.1, -0.05) is 0 Å². The molecule has 2 nitrogen and oxygen atoms in total. The molecule has 1 fully saturated rings. The highest BCUT2D eigenvalue weighted by Crippen LogP contribution is 2.26. The molecule has 0 aromatic carbocycles. The summed E-state index contributed by atoms with van der Waals surface area (Å²) in [7, 11) is 0. The smallest absolute Gasteiger partial charge is 0.117 e. The molecule has 1 aliphatic heterocycles. The molecule has 0 radical (unpaired) electrons. The minimum Gasteiger partial charge on any atom is -0.316 e. The van der Waals surface area contributed by atoms with Crippen molar-refractivity contribution in [3.8, 4) is 0 Å². The van der Waals surface area contributed by atoms with Crippen LogP contribution >= 0.6 is 27.3 Å². The zero-order valence-corrected chi connectivity index (χ0v) is 8.41. The van der Waals surface area contributed by atoms with Crippen LogP contribution in [0.25, 0.3) is 0 Å². The van der Waals surface area contributed by atoms with E-state index in [9.17, 15) is 0 Å². The van der Waals surface area contributed by atoms with Crippen LogP contribution in [-0.4, -0.2) is 18.1 Å². The summed E-state index contributed by atoms with van der Waals surface area (Å²) in [6, 6.07) is 0. The molecule has 2 rings (SSSR count). The van der Waals surface area contributed by atoms with Crippen LogP contribution in [0.3, 0.4) is 0 Å². The largest absolute Gasteiger partial charge is 0.316 e. The summed E-state index contributed by atoms with van der Waals surface area (Å²) in [4.78, 5) is 4.39. The van der Waals surface area contributed by atoms with E-state index in [-0.39, 0.29) is 0 Å². The van der Waals surface area contributed by atoms with Crippen LogP contribution < -0.4 is 5.32 Å². The van der Waals surface area contributed by atoms with Crippen LogP contribution in [-0.2, 0) is 0 Å². The predicted octanol–water partition coefficient (Wildman–Crippen LogP) is 1.98. The molecule has 1 atom stereocenters. The normalized spacial score (nSPS) is 24.3. The highest BCUT2D eigenvalue weighted by Gasteiger charge is 2.18. The highest BCUT2D eigenvalue weighted by molar-refractivity contribution is 9.10. The second kappa shape index (κ2) is 3.21. The first kappa shape index (κ1) is 7.71. The Morgan fingerprint density at radius 1 is 1.73 bits per heavy atom. The van der Waals surface area contributed by atoms with E-state index in [0.29, 0.717) is 5.92 Å². The van der Waals surface area contributed by atoms with Crippen LogP contribution in [0.15, 0.2) is 9.98 Å². The van der Waals surface area contributed by atoms with E-state index in [1.165, 1.54) is 11.4 Å². The zero-order chi connectivity index (χ0) is 7.68. The van der Waals surface area contributed by atoms with Gasteiger partial charge >= 0.3 is 0 Å². The third-order valence-corrected chi connectivity index (χ3v) is 3.62. The standard InChI is InChI=1S/C7H9BrN2S/c8-6-4-11-7(10-6)5-1-2-9-3-5/h4-5,9H,1-3H2. The fraction of sp³-hybridized carbons (Fsp3) is 0.571. The summed E-state index contributed by atoms with van der Waals surface area (Å²) in [5, 5.41) is 6.65. The van der Waals surface area contributed by atoms with E-state index in [1.54, 1.807) is 11.3 Å². The number of aromatic nitrogens is 1. The second-order valence-corrected chi connectivity index (χ2v) is 4.40. The lowest BCUT2D eigenvalue weighted by molar-refractivity contribution is 0.754. The Morgan fingerprint density at radius 3 is 3.18 bits per heavy atom. The second-order valence-electron chi connectivity index (χ2n) is 2.70. The van der Waals surface area contributed by atoms with Gasteiger partial charge in [0.25, 0.3) is 0 Å². The van der Waals surface area contributed by atoms with E-state index < -0.39 is 0 Å². The first-order chi connectivity index (χ1) is 5.36. The fourth-order valence-electron chi connectivity index (χ4n) is 1.32. The summed E-state index contributed by atoms with van der Waals surface area (Å²) >= 11 is 5.11. The third kappa shape index (κ3) is 1.63. The number of rotatable bonds is 1. The van der Waals surface area contributed by atoms with Crippen molar-refractivity contribution in [1.29, 1.82) is 0 Å². The lowest BCUT2D eigenvalue weighted by Crippen LogP contribution is -2.07. The molecular weight excluding hydrogens is 224 g/mol. The number of hydrogen-bond acceptors (Lipinski definition) is 3. The first-order valence-corrected chi connectivity index (χ1v) is 5.35. The quantitative estimate of drug-likeness (QED) is 0.802. The maximum absolute atomic E-state index is 4.39. The van der Waals surface area contributed by atoms with Crippen LogP contribution in [0.5, 0.6) is 0 Å². The van der Waals surface area contributed by atoms with Gasteiger partial charge in [0.05, 0.1) is 5.01 Å². The van der Waals surface area contributed by atoms with Gasteiger partial charge in [0.2, 0.25) is 0 Å². The number of halogens is 1. The molecule has 11 heavy (non-hydrogen) atoms.